The first kappa shape index (κ1) is 49.8. The Morgan fingerprint density at radius 2 is 1.09 bits per heavy atom. The third-order valence-electron chi connectivity index (χ3n) is 9.78. The maximum absolute atomic E-state index is 12.9. The topological polar surface area (TPSA) is 226 Å². The second-order valence-electron chi connectivity index (χ2n) is 14.7. The first-order chi connectivity index (χ1) is 25.3. The molecule has 1 rings (SSSR count). The molecule has 9 N–H and O–H groups in total. The van der Waals surface area contributed by atoms with E-state index in [2.05, 4.69) is 31.3 Å². The van der Waals surface area contributed by atoms with E-state index in [0.29, 0.717) is 12.8 Å². The molecule has 0 saturated heterocycles. The van der Waals surface area contributed by atoms with Crippen molar-refractivity contribution in [3.63, 3.8) is 0 Å². The first-order valence-corrected chi connectivity index (χ1v) is 21.9. The van der Waals surface area contributed by atoms with Crippen molar-refractivity contribution in [3.05, 3.63) is 24.3 Å². The Bertz CT molecular complexity index is 1020. The van der Waals surface area contributed by atoms with Crippen molar-refractivity contribution in [2.75, 3.05) is 6.61 Å². The van der Waals surface area contributed by atoms with E-state index in [4.69, 9.17) is 9.05 Å². The summed E-state index contributed by atoms with van der Waals surface area (Å²) in [5.74, 6) is -0.606. The average Bonchev–Trinajstić information content (AvgIpc) is 3.12. The molecule has 1 aliphatic carbocycles. The van der Waals surface area contributed by atoms with Crippen molar-refractivity contribution in [3.8, 4) is 0 Å². The lowest BCUT2D eigenvalue weighted by molar-refractivity contribution is -0.220. The molecule has 14 heteroatoms. The van der Waals surface area contributed by atoms with Gasteiger partial charge in [-0.1, -0.05) is 128 Å². The van der Waals surface area contributed by atoms with Crippen molar-refractivity contribution in [2.45, 2.75) is 210 Å². The quantitative estimate of drug-likeness (QED) is 0.0243. The van der Waals surface area contributed by atoms with Gasteiger partial charge in [0.1, 0.15) is 36.6 Å². The second-order valence-corrected chi connectivity index (χ2v) is 16.1. The van der Waals surface area contributed by atoms with Crippen LogP contribution in [0.3, 0.4) is 0 Å². The molecular formula is C39H74NO12P. The number of nitrogens with one attached hydrogen (secondary N) is 1. The van der Waals surface area contributed by atoms with Crippen LogP contribution < -0.4 is 5.32 Å². The number of rotatable bonds is 32. The van der Waals surface area contributed by atoms with Crippen molar-refractivity contribution in [1.29, 1.82) is 0 Å². The monoisotopic (exact) mass is 779 g/mol. The van der Waals surface area contributed by atoms with E-state index in [1.54, 1.807) is 6.08 Å². The third kappa shape index (κ3) is 22.8. The molecule has 8 atom stereocenters. The maximum Gasteiger partial charge on any atom is 0.472 e. The number of phosphoric ester groups is 1. The largest absolute Gasteiger partial charge is 0.472 e. The minimum atomic E-state index is -5.13. The van der Waals surface area contributed by atoms with Gasteiger partial charge in [-0.05, 0) is 44.9 Å². The lowest BCUT2D eigenvalue weighted by Crippen LogP contribution is -2.64. The number of unbranched alkanes of at least 4 members (excludes halogenated alkanes) is 17. The Labute approximate surface area is 318 Å². The highest BCUT2D eigenvalue weighted by molar-refractivity contribution is 7.47. The molecule has 1 fully saturated rings. The van der Waals surface area contributed by atoms with E-state index in [1.807, 2.05) is 0 Å². The molecule has 0 bridgehead atoms. The zero-order valence-corrected chi connectivity index (χ0v) is 33.3. The van der Waals surface area contributed by atoms with E-state index < -0.39 is 75.2 Å². The number of phosphoric acid groups is 1. The fraction of sp³-hybridized carbons (Fsp3) is 0.872. The maximum atomic E-state index is 12.9. The molecule has 13 nitrogen and oxygen atoms in total. The van der Waals surface area contributed by atoms with E-state index in [9.17, 15) is 50.0 Å². The van der Waals surface area contributed by atoms with Gasteiger partial charge in [-0.3, -0.25) is 13.8 Å². The molecule has 312 valence electrons. The van der Waals surface area contributed by atoms with Crippen LogP contribution in [0.25, 0.3) is 0 Å². The SMILES string of the molecule is CCCCC/C=C\CCCCCC(O)CC(=O)NC(COP(=O)(O)OC1C(O)C(O)C(O)C(O)C1O)C(O)/C=C/CCCCCCCCCCCCC. The van der Waals surface area contributed by atoms with Crippen molar-refractivity contribution < 1.29 is 59.0 Å². The van der Waals surface area contributed by atoms with Crippen LogP contribution in [-0.4, -0.2) is 108 Å². The number of allylic oxidation sites excluding steroid dienone is 3. The lowest BCUT2D eigenvalue weighted by Gasteiger charge is -2.41. The highest BCUT2D eigenvalue weighted by atomic mass is 31.2. The fourth-order valence-electron chi connectivity index (χ4n) is 6.35. The van der Waals surface area contributed by atoms with Crippen LogP contribution in [0.1, 0.15) is 155 Å². The summed E-state index contributed by atoms with van der Waals surface area (Å²) in [4.78, 5) is 23.3. The second kappa shape index (κ2) is 30.0. The van der Waals surface area contributed by atoms with Crippen LogP contribution >= 0.6 is 7.82 Å². The molecule has 8 unspecified atom stereocenters. The van der Waals surface area contributed by atoms with Crippen LogP contribution in [0.5, 0.6) is 0 Å². The zero-order valence-electron chi connectivity index (χ0n) is 32.4. The summed E-state index contributed by atoms with van der Waals surface area (Å²) in [6.07, 6.45) is 15.7. The molecule has 1 aliphatic rings. The highest BCUT2D eigenvalue weighted by Crippen LogP contribution is 2.47. The normalized spacial score (nSPS) is 25.1. The molecule has 0 aliphatic heterocycles. The van der Waals surface area contributed by atoms with Crippen molar-refractivity contribution in [1.82, 2.24) is 5.32 Å². The van der Waals surface area contributed by atoms with Gasteiger partial charge in [-0.15, -0.1) is 0 Å². The number of hydrogen-bond acceptors (Lipinski definition) is 11. The Morgan fingerprint density at radius 1 is 0.660 bits per heavy atom. The molecule has 53 heavy (non-hydrogen) atoms. The van der Waals surface area contributed by atoms with Gasteiger partial charge in [0.2, 0.25) is 5.91 Å². The van der Waals surface area contributed by atoms with E-state index in [1.165, 1.54) is 76.7 Å². The van der Waals surface area contributed by atoms with Gasteiger partial charge in [0.25, 0.3) is 0 Å². The van der Waals surface area contributed by atoms with Crippen LogP contribution in [0, 0.1) is 0 Å². The van der Waals surface area contributed by atoms with Gasteiger partial charge in [-0.2, -0.15) is 0 Å². The molecular weight excluding hydrogens is 705 g/mol. The van der Waals surface area contributed by atoms with Crippen LogP contribution in [0.15, 0.2) is 24.3 Å². The van der Waals surface area contributed by atoms with Crippen LogP contribution in [0.2, 0.25) is 0 Å². The van der Waals surface area contributed by atoms with Gasteiger partial charge in [0.15, 0.2) is 0 Å². The van der Waals surface area contributed by atoms with Gasteiger partial charge in [-0.25, -0.2) is 4.57 Å². The Kier molecular flexibility index (Phi) is 28.2. The Balaban J connectivity index is 2.66. The van der Waals surface area contributed by atoms with E-state index >= 15 is 0 Å². The number of amides is 1. The number of carbonyl (C=O) groups excluding carboxylic acids is 1. The summed E-state index contributed by atoms with van der Waals surface area (Å²) >= 11 is 0. The average molecular weight is 780 g/mol. The van der Waals surface area contributed by atoms with Gasteiger partial charge >= 0.3 is 7.82 Å². The van der Waals surface area contributed by atoms with E-state index in [0.717, 1.165) is 51.4 Å². The molecule has 0 radical (unpaired) electrons. The molecule has 0 aromatic heterocycles. The van der Waals surface area contributed by atoms with Crippen molar-refractivity contribution in [2.24, 2.45) is 0 Å². The molecule has 0 aromatic rings. The summed E-state index contributed by atoms with van der Waals surface area (Å²) in [7, 11) is -5.13. The molecule has 0 aromatic carbocycles. The first-order valence-electron chi connectivity index (χ1n) is 20.4. The zero-order chi connectivity index (χ0) is 39.5. The van der Waals surface area contributed by atoms with Gasteiger partial charge in [0, 0.05) is 0 Å². The predicted molar refractivity (Wildman–Crippen MR) is 206 cm³/mol. The third-order valence-corrected chi connectivity index (χ3v) is 10.8. The number of aliphatic hydroxyl groups excluding tert-OH is 7. The van der Waals surface area contributed by atoms with Crippen LogP contribution in [-0.2, 0) is 18.4 Å². The van der Waals surface area contributed by atoms with Gasteiger partial charge in [0.05, 0.1) is 31.3 Å². The Morgan fingerprint density at radius 3 is 1.64 bits per heavy atom. The summed E-state index contributed by atoms with van der Waals surface area (Å²) in [6, 6.07) is -1.24. The fourth-order valence-corrected chi connectivity index (χ4v) is 7.32. The summed E-state index contributed by atoms with van der Waals surface area (Å²) in [6.45, 7) is 3.66. The van der Waals surface area contributed by atoms with Crippen molar-refractivity contribution >= 4 is 13.7 Å². The molecule has 1 saturated carbocycles. The molecule has 0 heterocycles. The predicted octanol–water partition coefficient (Wildman–Crippen LogP) is 5.25. The molecule has 1 amide bonds. The number of aliphatic hydroxyl groups is 7. The minimum absolute atomic E-state index is 0.255. The summed E-state index contributed by atoms with van der Waals surface area (Å²) in [5.41, 5.74) is 0. The van der Waals surface area contributed by atoms with Gasteiger partial charge < -0.3 is 46.0 Å². The van der Waals surface area contributed by atoms with Crippen LogP contribution in [0.4, 0.5) is 0 Å². The smallest absolute Gasteiger partial charge is 0.393 e. The number of carbonyl (C=O) groups is 1. The minimum Gasteiger partial charge on any atom is -0.393 e. The number of hydrogen-bond donors (Lipinski definition) is 9. The summed E-state index contributed by atoms with van der Waals surface area (Å²) < 4.78 is 22.7. The Hall–Kier alpha value is -1.22. The standard InChI is InChI=1S/C39H74NO12P/c1-3-5-7-9-11-13-15-16-17-19-21-23-25-27-32(42)31(29-51-53(49,50)52-39-37(47)35(45)34(44)36(46)38(39)48)40-33(43)28-30(41)26-24-22-20-18-14-12-10-8-6-4-2/h12,14,25,27,30-32,34-39,41-42,44-48H,3-11,13,15-24,26,28-29H2,1-2H3,(H,40,43)(H,49,50)/b14-12-,27-25+. The summed E-state index contributed by atoms with van der Waals surface area (Å²) in [5, 5.41) is 74.0. The lowest BCUT2D eigenvalue weighted by atomic mass is 9.85. The molecule has 0 spiro atoms. The highest BCUT2D eigenvalue weighted by Gasteiger charge is 2.51. The van der Waals surface area contributed by atoms with E-state index in [-0.39, 0.29) is 6.42 Å².